The molecule has 3 nitrogen and oxygen atoms in total. The summed E-state index contributed by atoms with van der Waals surface area (Å²) in [6, 6.07) is -0.184. The van der Waals surface area contributed by atoms with Gasteiger partial charge in [-0.2, -0.15) is 0 Å². The number of hydrogen-bond donors (Lipinski definition) is 2. The fourth-order valence-electron chi connectivity index (χ4n) is 1.17. The van der Waals surface area contributed by atoms with E-state index in [0.717, 1.165) is 0 Å². The molecule has 1 atom stereocenters. The Kier molecular flexibility index (Phi) is 5.69. The molecule has 0 spiro atoms. The van der Waals surface area contributed by atoms with Crippen LogP contribution in [0.4, 0.5) is 0 Å². The SMILES string of the molecule is CC(C)CC(=O)NC(C(N)=S)C(C)C. The summed E-state index contributed by atoms with van der Waals surface area (Å²) in [7, 11) is 0. The van der Waals surface area contributed by atoms with Crippen molar-refractivity contribution in [1.29, 1.82) is 0 Å². The number of carbonyl (C=O) groups is 1. The van der Waals surface area contributed by atoms with E-state index in [-0.39, 0.29) is 17.9 Å². The lowest BCUT2D eigenvalue weighted by Crippen LogP contribution is -2.47. The zero-order valence-electron chi connectivity index (χ0n) is 9.33. The van der Waals surface area contributed by atoms with E-state index in [0.29, 0.717) is 17.3 Å². The van der Waals surface area contributed by atoms with Crippen LogP contribution in [0.1, 0.15) is 34.1 Å². The van der Waals surface area contributed by atoms with Gasteiger partial charge >= 0.3 is 0 Å². The van der Waals surface area contributed by atoms with E-state index >= 15 is 0 Å². The average Bonchev–Trinajstić information content (AvgIpc) is 1.97. The monoisotopic (exact) mass is 216 g/mol. The number of thiocarbonyl (C=S) groups is 1. The van der Waals surface area contributed by atoms with E-state index in [1.54, 1.807) is 0 Å². The van der Waals surface area contributed by atoms with Crippen molar-refractivity contribution in [1.82, 2.24) is 5.32 Å². The first kappa shape index (κ1) is 13.4. The molecule has 14 heavy (non-hydrogen) atoms. The molecule has 0 fully saturated rings. The summed E-state index contributed by atoms with van der Waals surface area (Å²) in [5.41, 5.74) is 5.53. The number of hydrogen-bond acceptors (Lipinski definition) is 2. The van der Waals surface area contributed by atoms with Crippen molar-refractivity contribution in [2.45, 2.75) is 40.2 Å². The lowest BCUT2D eigenvalue weighted by molar-refractivity contribution is -0.122. The van der Waals surface area contributed by atoms with Gasteiger partial charge in [-0.3, -0.25) is 4.79 Å². The molecule has 0 saturated heterocycles. The third kappa shape index (κ3) is 5.17. The highest BCUT2D eigenvalue weighted by Crippen LogP contribution is 2.04. The highest BCUT2D eigenvalue weighted by atomic mass is 32.1. The van der Waals surface area contributed by atoms with Gasteiger partial charge in [0.05, 0.1) is 11.0 Å². The molecule has 0 aliphatic heterocycles. The first-order chi connectivity index (χ1) is 6.34. The number of nitrogens with one attached hydrogen (secondary N) is 1. The van der Waals surface area contributed by atoms with Gasteiger partial charge in [0, 0.05) is 6.42 Å². The van der Waals surface area contributed by atoms with Crippen LogP contribution >= 0.6 is 12.2 Å². The van der Waals surface area contributed by atoms with Crippen molar-refractivity contribution >= 4 is 23.1 Å². The van der Waals surface area contributed by atoms with Gasteiger partial charge in [0.2, 0.25) is 5.91 Å². The van der Waals surface area contributed by atoms with Gasteiger partial charge in [-0.25, -0.2) is 0 Å². The van der Waals surface area contributed by atoms with Crippen molar-refractivity contribution < 1.29 is 4.79 Å². The van der Waals surface area contributed by atoms with Crippen molar-refractivity contribution in [2.24, 2.45) is 17.6 Å². The molecule has 0 aromatic carbocycles. The fourth-order valence-corrected chi connectivity index (χ4v) is 1.50. The maximum atomic E-state index is 11.4. The molecule has 0 aliphatic rings. The second kappa shape index (κ2) is 5.96. The van der Waals surface area contributed by atoms with Crippen LogP contribution in [0.2, 0.25) is 0 Å². The van der Waals surface area contributed by atoms with Crippen LogP contribution in [0.5, 0.6) is 0 Å². The Bertz CT molecular complexity index is 214. The number of nitrogens with two attached hydrogens (primary N) is 1. The molecule has 0 rings (SSSR count). The zero-order valence-corrected chi connectivity index (χ0v) is 10.1. The summed E-state index contributed by atoms with van der Waals surface area (Å²) in [5.74, 6) is 0.615. The number of amides is 1. The maximum absolute atomic E-state index is 11.4. The maximum Gasteiger partial charge on any atom is 0.220 e. The standard InChI is InChI=1S/C10H20N2OS/c1-6(2)5-8(13)12-9(7(3)4)10(11)14/h6-7,9H,5H2,1-4H3,(H2,11,14)(H,12,13). The molecule has 4 heteroatoms. The first-order valence-electron chi connectivity index (χ1n) is 4.93. The topological polar surface area (TPSA) is 55.1 Å². The van der Waals surface area contributed by atoms with Crippen molar-refractivity contribution in [3.05, 3.63) is 0 Å². The number of rotatable bonds is 5. The summed E-state index contributed by atoms with van der Waals surface area (Å²) in [5, 5.41) is 2.84. The van der Waals surface area contributed by atoms with Crippen LogP contribution in [0.25, 0.3) is 0 Å². The predicted molar refractivity (Wildman–Crippen MR) is 63.0 cm³/mol. The fraction of sp³-hybridized carbons (Fsp3) is 0.800. The van der Waals surface area contributed by atoms with Gasteiger partial charge in [-0.1, -0.05) is 39.9 Å². The molecular formula is C10H20N2OS. The van der Waals surface area contributed by atoms with E-state index in [4.69, 9.17) is 18.0 Å². The first-order valence-corrected chi connectivity index (χ1v) is 5.34. The van der Waals surface area contributed by atoms with Crippen LogP contribution < -0.4 is 11.1 Å². The molecule has 0 bridgehead atoms. The molecule has 1 amide bonds. The molecular weight excluding hydrogens is 196 g/mol. The summed E-state index contributed by atoms with van der Waals surface area (Å²) in [4.78, 5) is 11.8. The lowest BCUT2D eigenvalue weighted by atomic mass is 10.0. The summed E-state index contributed by atoms with van der Waals surface area (Å²) in [6.45, 7) is 7.98. The summed E-state index contributed by atoms with van der Waals surface area (Å²) >= 11 is 4.89. The molecule has 0 radical (unpaired) electrons. The highest BCUT2D eigenvalue weighted by molar-refractivity contribution is 7.80. The highest BCUT2D eigenvalue weighted by Gasteiger charge is 2.18. The molecule has 3 N–H and O–H groups in total. The van der Waals surface area contributed by atoms with Crippen molar-refractivity contribution in [3.63, 3.8) is 0 Å². The molecule has 0 heterocycles. The molecule has 0 aromatic rings. The van der Waals surface area contributed by atoms with Crippen LogP contribution in [-0.2, 0) is 4.79 Å². The van der Waals surface area contributed by atoms with Gasteiger partial charge in [0.1, 0.15) is 0 Å². The van der Waals surface area contributed by atoms with Crippen LogP contribution in [0.3, 0.4) is 0 Å². The van der Waals surface area contributed by atoms with Crippen molar-refractivity contribution in [3.8, 4) is 0 Å². The Labute approximate surface area is 91.4 Å². The van der Waals surface area contributed by atoms with Gasteiger partial charge in [0.15, 0.2) is 0 Å². The second-order valence-electron chi connectivity index (χ2n) is 4.29. The third-order valence-electron chi connectivity index (χ3n) is 1.88. The smallest absolute Gasteiger partial charge is 0.220 e. The largest absolute Gasteiger partial charge is 0.392 e. The molecule has 82 valence electrons. The van der Waals surface area contributed by atoms with E-state index in [2.05, 4.69) is 5.32 Å². The summed E-state index contributed by atoms with van der Waals surface area (Å²) in [6.07, 6.45) is 0.520. The van der Waals surface area contributed by atoms with E-state index in [1.807, 2.05) is 27.7 Å². The minimum absolute atomic E-state index is 0.0199. The van der Waals surface area contributed by atoms with Crippen LogP contribution in [0, 0.1) is 11.8 Å². The normalized spacial score (nSPS) is 13.0. The Balaban J connectivity index is 4.17. The van der Waals surface area contributed by atoms with E-state index < -0.39 is 0 Å². The third-order valence-corrected chi connectivity index (χ3v) is 2.14. The molecule has 1 unspecified atom stereocenters. The van der Waals surface area contributed by atoms with Gasteiger partial charge in [-0.05, 0) is 11.8 Å². The Morgan fingerprint density at radius 2 is 1.86 bits per heavy atom. The number of carbonyl (C=O) groups excluding carboxylic acids is 1. The minimum Gasteiger partial charge on any atom is -0.392 e. The minimum atomic E-state index is -0.184. The lowest BCUT2D eigenvalue weighted by Gasteiger charge is -2.21. The average molecular weight is 216 g/mol. The summed E-state index contributed by atoms with van der Waals surface area (Å²) < 4.78 is 0. The molecule has 0 aliphatic carbocycles. The Morgan fingerprint density at radius 1 is 1.36 bits per heavy atom. The van der Waals surface area contributed by atoms with Crippen molar-refractivity contribution in [2.75, 3.05) is 0 Å². The Hall–Kier alpha value is -0.640. The predicted octanol–water partition coefficient (Wildman–Crippen LogP) is 1.46. The van der Waals surface area contributed by atoms with Gasteiger partial charge in [-0.15, -0.1) is 0 Å². The Morgan fingerprint density at radius 3 is 2.14 bits per heavy atom. The van der Waals surface area contributed by atoms with E-state index in [1.165, 1.54) is 0 Å². The van der Waals surface area contributed by atoms with E-state index in [9.17, 15) is 4.79 Å². The molecule has 0 saturated carbocycles. The second-order valence-corrected chi connectivity index (χ2v) is 4.76. The van der Waals surface area contributed by atoms with Crippen LogP contribution in [-0.4, -0.2) is 16.9 Å². The quantitative estimate of drug-likeness (QED) is 0.684. The van der Waals surface area contributed by atoms with Gasteiger partial charge in [0.25, 0.3) is 0 Å². The van der Waals surface area contributed by atoms with Gasteiger partial charge < -0.3 is 11.1 Å². The molecule has 0 aromatic heterocycles. The zero-order chi connectivity index (χ0) is 11.3. The van der Waals surface area contributed by atoms with Crippen LogP contribution in [0.15, 0.2) is 0 Å².